The van der Waals surface area contributed by atoms with Gasteiger partial charge in [0, 0.05) is 50.0 Å². The number of nitriles is 1. The summed E-state index contributed by atoms with van der Waals surface area (Å²) in [5, 5.41) is 29.2. The van der Waals surface area contributed by atoms with Crippen LogP contribution < -0.4 is 16.0 Å². The number of amides is 3. The fourth-order valence-electron chi connectivity index (χ4n) is 10.2. The number of alkyl halides is 2. The van der Waals surface area contributed by atoms with Gasteiger partial charge < -0.3 is 20.4 Å². The van der Waals surface area contributed by atoms with Gasteiger partial charge in [0.15, 0.2) is 6.17 Å². The number of piperidine rings is 2. The van der Waals surface area contributed by atoms with Crippen LogP contribution in [0.2, 0.25) is 0 Å². The number of hydrogen-bond donors (Lipinski definition) is 3. The maximum Gasteiger partial charge on any atom is 0.320 e. The molecule has 3 amide bonds. The molecule has 7 aliphatic rings. The van der Waals surface area contributed by atoms with E-state index in [-0.39, 0.29) is 72.7 Å². The second-order valence-corrected chi connectivity index (χ2v) is 15.3. The summed E-state index contributed by atoms with van der Waals surface area (Å²) < 4.78 is 32.9. The fraction of sp³-hybridized carbons (Fsp3) is 0.824. The monoisotopic (exact) mass is 668 g/mol. The molecule has 14 heteroatoms. The lowest BCUT2D eigenvalue weighted by atomic mass is 9.68. The third-order valence-corrected chi connectivity index (χ3v) is 12.3. The minimum atomic E-state index is -1.33. The van der Waals surface area contributed by atoms with Crippen molar-refractivity contribution >= 4 is 17.8 Å². The highest BCUT2D eigenvalue weighted by Gasteiger charge is 2.57. The molecule has 13 atom stereocenters. The Bertz CT molecular complexity index is 1360. The van der Waals surface area contributed by atoms with Crippen LogP contribution in [0.25, 0.3) is 0 Å². The van der Waals surface area contributed by atoms with E-state index >= 15 is 8.78 Å². The van der Waals surface area contributed by atoms with Crippen LogP contribution >= 0.6 is 0 Å². The number of hydrogen-bond acceptors (Lipinski definition) is 9. The quantitative estimate of drug-likeness (QED) is 0.393. The molecule has 13 unspecified atom stereocenters. The molecule has 1 saturated carbocycles. The summed E-state index contributed by atoms with van der Waals surface area (Å²) in [6.07, 6.45) is 1.51. The van der Waals surface area contributed by atoms with Gasteiger partial charge in [-0.1, -0.05) is 26.8 Å². The van der Waals surface area contributed by atoms with Crippen LogP contribution in [0.1, 0.15) is 65.2 Å². The van der Waals surface area contributed by atoms with Crippen LogP contribution in [0.15, 0.2) is 27.9 Å². The molecule has 5 fully saturated rings. The average molecular weight is 669 g/mol. The first-order valence-corrected chi connectivity index (χ1v) is 18.1. The first-order chi connectivity index (χ1) is 23.2. The van der Waals surface area contributed by atoms with E-state index in [0.717, 1.165) is 25.8 Å². The van der Waals surface area contributed by atoms with Crippen molar-refractivity contribution in [2.45, 2.75) is 120 Å². The number of halogens is 2. The first kappa shape index (κ1) is 33.5. The summed E-state index contributed by atoms with van der Waals surface area (Å²) in [6.45, 7) is 9.94. The molecule has 1 aliphatic carbocycles. The molecular formula is C34H50F2N10O2. The summed E-state index contributed by atoms with van der Waals surface area (Å²) in [5.74, 6) is -0.323. The molecule has 3 N–H and O–H groups in total. The Labute approximate surface area is 281 Å². The Hall–Kier alpha value is -3.02. The minimum Gasteiger partial charge on any atom is -0.333 e. The van der Waals surface area contributed by atoms with Gasteiger partial charge >= 0.3 is 6.03 Å². The number of aliphatic imine (C=N–C) groups is 1. The van der Waals surface area contributed by atoms with Crippen molar-refractivity contribution in [3.63, 3.8) is 0 Å². The Balaban J connectivity index is 1.28. The number of piperazine rings is 1. The summed E-state index contributed by atoms with van der Waals surface area (Å²) in [7, 11) is 0. The molecule has 0 radical (unpaired) electrons. The van der Waals surface area contributed by atoms with Crippen molar-refractivity contribution in [3.05, 3.63) is 12.7 Å². The molecule has 48 heavy (non-hydrogen) atoms. The number of rotatable bonds is 4. The summed E-state index contributed by atoms with van der Waals surface area (Å²) in [4.78, 5) is 37.9. The molecule has 6 aliphatic heterocycles. The zero-order valence-electron chi connectivity index (χ0n) is 28.1. The fourth-order valence-corrected chi connectivity index (χ4v) is 10.2. The van der Waals surface area contributed by atoms with E-state index in [1.54, 1.807) is 4.90 Å². The van der Waals surface area contributed by atoms with Crippen molar-refractivity contribution in [2.24, 2.45) is 44.8 Å². The average Bonchev–Trinajstić information content (AvgIpc) is 3.51. The van der Waals surface area contributed by atoms with Crippen molar-refractivity contribution in [1.29, 1.82) is 5.26 Å². The van der Waals surface area contributed by atoms with E-state index in [1.807, 2.05) is 4.90 Å². The van der Waals surface area contributed by atoms with Crippen LogP contribution in [0.4, 0.5) is 13.6 Å². The number of carbonyl (C=O) groups is 2. The predicted octanol–water partition coefficient (Wildman–Crippen LogP) is 3.33. The van der Waals surface area contributed by atoms with E-state index < -0.39 is 36.6 Å². The lowest BCUT2D eigenvalue weighted by Crippen LogP contribution is -2.79. The van der Waals surface area contributed by atoms with Crippen LogP contribution in [0.5, 0.6) is 0 Å². The second-order valence-electron chi connectivity index (χ2n) is 15.3. The van der Waals surface area contributed by atoms with Crippen molar-refractivity contribution in [1.82, 2.24) is 30.7 Å². The maximum atomic E-state index is 16.8. The van der Waals surface area contributed by atoms with Gasteiger partial charge in [-0.3, -0.25) is 15.0 Å². The van der Waals surface area contributed by atoms with E-state index in [1.165, 1.54) is 6.08 Å². The Morgan fingerprint density at radius 1 is 1.15 bits per heavy atom. The van der Waals surface area contributed by atoms with Crippen molar-refractivity contribution in [2.75, 3.05) is 26.2 Å². The molecule has 7 rings (SSSR count). The van der Waals surface area contributed by atoms with Gasteiger partial charge in [-0.15, -0.1) is 5.11 Å². The molecule has 0 aromatic rings. The molecule has 0 spiro atoms. The van der Waals surface area contributed by atoms with Crippen LogP contribution in [0.3, 0.4) is 0 Å². The number of urea groups is 1. The predicted molar refractivity (Wildman–Crippen MR) is 175 cm³/mol. The van der Waals surface area contributed by atoms with E-state index in [4.69, 9.17) is 4.99 Å². The molecule has 0 aromatic heterocycles. The number of carbonyl (C=O) groups excluding carboxylic acids is 2. The molecule has 12 nitrogen and oxygen atoms in total. The molecule has 262 valence electrons. The minimum absolute atomic E-state index is 0.0280. The highest BCUT2D eigenvalue weighted by atomic mass is 19.1. The lowest BCUT2D eigenvalue weighted by Gasteiger charge is -2.60. The van der Waals surface area contributed by atoms with Crippen molar-refractivity contribution in [3.8, 4) is 6.07 Å². The summed E-state index contributed by atoms with van der Waals surface area (Å²) in [6, 6.07) is 0.552. The van der Waals surface area contributed by atoms with E-state index in [9.17, 15) is 14.9 Å². The van der Waals surface area contributed by atoms with Crippen LogP contribution in [-0.2, 0) is 4.79 Å². The standard InChI is InChI=1S/C34H50F2N10O2/c1-4-27(47)45-13-12-44(17-21(45)8-10-37)32-22-16-24(36)30-28-19(6-5-7-23(28)35)14-25-39-26(43-42-25)15-20-9-11-38-29(18(2)3)31(20)46(33(22)40-30)34(48)41-32/h4,18-25,28-33,38,40H,1,5-9,11-17H2,2-3H3,(H,41,48). The van der Waals surface area contributed by atoms with Crippen LogP contribution in [0, 0.1) is 40.9 Å². The van der Waals surface area contributed by atoms with Gasteiger partial charge in [-0.05, 0) is 62.5 Å². The largest absolute Gasteiger partial charge is 0.333 e. The van der Waals surface area contributed by atoms with Gasteiger partial charge in [0.2, 0.25) is 5.91 Å². The van der Waals surface area contributed by atoms with Gasteiger partial charge in [0.1, 0.15) is 18.2 Å². The number of nitrogens with one attached hydrogen (secondary N) is 3. The highest BCUT2D eigenvalue weighted by molar-refractivity contribution is 5.87. The summed E-state index contributed by atoms with van der Waals surface area (Å²) in [5.41, 5.74) is 0. The highest BCUT2D eigenvalue weighted by Crippen LogP contribution is 2.45. The Kier molecular flexibility index (Phi) is 9.56. The van der Waals surface area contributed by atoms with Gasteiger partial charge in [0.25, 0.3) is 0 Å². The SMILES string of the molecule is C=CC(=O)N1CCN(C2NC(=O)N3C4NC(C(F)CC24)C2C(F)CCCC2CC2N=NC(=N2)CC2CCNC(C(C)C)C23)CC1CC#N. The van der Waals surface area contributed by atoms with E-state index in [0.29, 0.717) is 44.7 Å². The van der Waals surface area contributed by atoms with Gasteiger partial charge in [-0.25, -0.2) is 18.6 Å². The molecule has 4 saturated heterocycles. The second kappa shape index (κ2) is 13.7. The molecule has 0 aromatic carbocycles. The van der Waals surface area contributed by atoms with Gasteiger partial charge in [0.05, 0.1) is 36.9 Å². The lowest BCUT2D eigenvalue weighted by molar-refractivity contribution is -0.133. The molecule has 4 bridgehead atoms. The summed E-state index contributed by atoms with van der Waals surface area (Å²) >= 11 is 0. The van der Waals surface area contributed by atoms with Gasteiger partial charge in [-0.2, -0.15) is 10.4 Å². The normalized spacial score (nSPS) is 43.0. The molecule has 6 heterocycles. The first-order valence-electron chi connectivity index (χ1n) is 18.1. The third kappa shape index (κ3) is 6.04. The number of nitrogens with zero attached hydrogens (tertiary/aromatic N) is 7. The number of amidine groups is 1. The number of azo groups is 1. The Morgan fingerprint density at radius 2 is 1.98 bits per heavy atom. The number of fused-ring (bicyclic) bond motifs is 6. The molecular weight excluding hydrogens is 618 g/mol. The zero-order chi connectivity index (χ0) is 33.7. The van der Waals surface area contributed by atoms with E-state index in [2.05, 4.69) is 57.6 Å². The topological polar surface area (TPSA) is 141 Å². The Morgan fingerprint density at radius 3 is 2.75 bits per heavy atom. The third-order valence-electron chi connectivity index (χ3n) is 12.3. The van der Waals surface area contributed by atoms with Crippen molar-refractivity contribution < 1.29 is 18.4 Å². The van der Waals surface area contributed by atoms with Crippen LogP contribution in [-0.4, -0.2) is 114 Å². The zero-order valence-corrected chi connectivity index (χ0v) is 28.1. The smallest absolute Gasteiger partial charge is 0.320 e. The maximum absolute atomic E-state index is 16.8.